The van der Waals surface area contributed by atoms with Crippen LogP contribution in [-0.2, 0) is 19.1 Å². The molecule has 2 saturated heterocycles. The lowest BCUT2D eigenvalue weighted by Gasteiger charge is -2.17. The van der Waals surface area contributed by atoms with E-state index < -0.39 is 42.3 Å². The summed E-state index contributed by atoms with van der Waals surface area (Å²) in [5.41, 5.74) is 0. The Bertz CT molecular complexity index is 654. The highest BCUT2D eigenvalue weighted by atomic mass is 32.2. The van der Waals surface area contributed by atoms with E-state index in [1.807, 2.05) is 11.8 Å². The van der Waals surface area contributed by atoms with Crippen LogP contribution in [0.15, 0.2) is 11.5 Å². The summed E-state index contributed by atoms with van der Waals surface area (Å²) in [5, 5.41) is 34.6. The molecular formula is C16H22N2O8S. The van der Waals surface area contributed by atoms with Crippen molar-refractivity contribution < 1.29 is 39.2 Å². The fraction of sp³-hybridized carbons (Fsp3) is 0.688. The number of rotatable bonds is 8. The lowest BCUT2D eigenvalue weighted by atomic mass is 10.0. The fourth-order valence-corrected chi connectivity index (χ4v) is 4.87. The number of cyclic esters (lactones) is 1. The number of urea groups is 1. The number of thioether (sulfide) groups is 1. The topological polar surface area (TPSA) is 154 Å². The van der Waals surface area contributed by atoms with Crippen molar-refractivity contribution in [2.24, 2.45) is 0 Å². The summed E-state index contributed by atoms with van der Waals surface area (Å²) in [6, 6.07) is 0.184. The van der Waals surface area contributed by atoms with Crippen molar-refractivity contribution in [3.05, 3.63) is 11.5 Å². The van der Waals surface area contributed by atoms with Gasteiger partial charge in [-0.05, 0) is 12.8 Å². The van der Waals surface area contributed by atoms with Gasteiger partial charge in [-0.25, -0.2) is 9.59 Å². The molecule has 0 spiro atoms. The first-order valence-electron chi connectivity index (χ1n) is 8.72. The number of hydrogen-bond donors (Lipinski definition) is 5. The molecule has 0 aromatic carbocycles. The first kappa shape index (κ1) is 19.6. The summed E-state index contributed by atoms with van der Waals surface area (Å²) in [6.07, 6.45) is -0.457. The van der Waals surface area contributed by atoms with Gasteiger partial charge in [-0.3, -0.25) is 4.79 Å². The van der Waals surface area contributed by atoms with Crippen LogP contribution in [0.5, 0.6) is 0 Å². The van der Waals surface area contributed by atoms with Crippen LogP contribution in [0.2, 0.25) is 0 Å². The van der Waals surface area contributed by atoms with E-state index in [4.69, 9.17) is 4.74 Å². The van der Waals surface area contributed by atoms with E-state index in [1.165, 1.54) is 0 Å². The molecule has 10 nitrogen and oxygen atoms in total. The summed E-state index contributed by atoms with van der Waals surface area (Å²) in [7, 11) is 0. The maximum atomic E-state index is 11.8. The molecule has 3 rings (SSSR count). The van der Waals surface area contributed by atoms with Gasteiger partial charge in [0.2, 0.25) is 5.76 Å². The molecule has 0 bridgehead atoms. The molecule has 3 aliphatic heterocycles. The molecule has 3 heterocycles. The molecule has 3 aliphatic rings. The van der Waals surface area contributed by atoms with Gasteiger partial charge in [0.1, 0.15) is 12.7 Å². The van der Waals surface area contributed by atoms with Crippen LogP contribution >= 0.6 is 11.8 Å². The first-order chi connectivity index (χ1) is 12.9. The number of hydrogen-bond acceptors (Lipinski definition) is 9. The maximum Gasteiger partial charge on any atom is 0.377 e. The second-order valence-electron chi connectivity index (χ2n) is 6.68. The maximum absolute atomic E-state index is 11.8. The van der Waals surface area contributed by atoms with Gasteiger partial charge in [-0.15, -0.1) is 0 Å². The molecule has 0 saturated carbocycles. The Balaban J connectivity index is 1.30. The molecule has 150 valence electrons. The van der Waals surface area contributed by atoms with Gasteiger partial charge in [0.05, 0.1) is 12.1 Å². The van der Waals surface area contributed by atoms with Crippen LogP contribution in [0, 0.1) is 0 Å². The molecule has 0 radical (unpaired) electrons. The smallest absolute Gasteiger partial charge is 0.377 e. The SMILES string of the molecule is O=C1N[C@H]2[C@H](CS[C@H]2CCCCC(=O)OC[C@@H](O)[C@H]2OC(=O)C(O)=C2O)N1. The number of ether oxygens (including phenoxy) is 2. The molecule has 0 aliphatic carbocycles. The standard InChI is InChI=1S/C16H22N2O8S/c19-8(14-12(21)13(22)15(23)26-14)5-25-10(20)4-2-1-3-9-11-7(6-27-9)17-16(24)18-11/h7-9,11,14,19,21-22H,1-6H2,(H2,17,18,24)/t7-,8+,9-,11-,14+/m0/s1. The average molecular weight is 402 g/mol. The zero-order valence-corrected chi connectivity index (χ0v) is 15.2. The molecule has 2 fully saturated rings. The largest absolute Gasteiger partial charge is 0.505 e. The molecule has 27 heavy (non-hydrogen) atoms. The number of esters is 2. The van der Waals surface area contributed by atoms with E-state index in [1.54, 1.807) is 0 Å². The van der Waals surface area contributed by atoms with Gasteiger partial charge in [0, 0.05) is 17.4 Å². The van der Waals surface area contributed by atoms with Crippen molar-refractivity contribution in [2.45, 2.75) is 55.2 Å². The predicted molar refractivity (Wildman–Crippen MR) is 93.1 cm³/mol. The quantitative estimate of drug-likeness (QED) is 0.212. The molecule has 5 atom stereocenters. The zero-order valence-electron chi connectivity index (χ0n) is 14.4. The molecule has 5 N–H and O–H groups in total. The van der Waals surface area contributed by atoms with Gasteiger partial charge < -0.3 is 35.4 Å². The Morgan fingerprint density at radius 1 is 1.30 bits per heavy atom. The summed E-state index contributed by atoms with van der Waals surface area (Å²) >= 11 is 1.81. The predicted octanol–water partition coefficient (Wildman–Crippen LogP) is -0.131. The minimum atomic E-state index is -1.46. The van der Waals surface area contributed by atoms with Crippen molar-refractivity contribution in [3.8, 4) is 0 Å². The minimum Gasteiger partial charge on any atom is -0.505 e. The van der Waals surface area contributed by atoms with Gasteiger partial charge >= 0.3 is 18.0 Å². The third-order valence-electron chi connectivity index (χ3n) is 4.76. The normalized spacial score (nSPS) is 30.6. The van der Waals surface area contributed by atoms with Crippen LogP contribution in [0.25, 0.3) is 0 Å². The Morgan fingerprint density at radius 2 is 2.07 bits per heavy atom. The van der Waals surface area contributed by atoms with Crippen molar-refractivity contribution in [1.82, 2.24) is 10.6 Å². The fourth-order valence-electron chi connectivity index (χ4n) is 3.32. The molecule has 11 heteroatoms. The molecule has 0 aromatic rings. The number of carbonyl (C=O) groups excluding carboxylic acids is 3. The highest BCUT2D eigenvalue weighted by Crippen LogP contribution is 2.33. The second kappa shape index (κ2) is 8.26. The Morgan fingerprint density at radius 3 is 2.78 bits per heavy atom. The van der Waals surface area contributed by atoms with Crippen LogP contribution in [0.3, 0.4) is 0 Å². The summed E-state index contributed by atoms with van der Waals surface area (Å²) in [6.45, 7) is -0.464. The number of nitrogens with one attached hydrogen (secondary N) is 2. The Hall–Kier alpha value is -2.14. The van der Waals surface area contributed by atoms with Gasteiger partial charge in [0.15, 0.2) is 11.9 Å². The highest BCUT2D eigenvalue weighted by molar-refractivity contribution is 8.00. The third kappa shape index (κ3) is 4.41. The van der Waals surface area contributed by atoms with E-state index in [-0.39, 0.29) is 24.5 Å². The van der Waals surface area contributed by atoms with Gasteiger partial charge in [-0.1, -0.05) is 6.42 Å². The van der Waals surface area contributed by atoms with E-state index in [0.717, 1.165) is 18.6 Å². The molecule has 0 unspecified atom stereocenters. The van der Waals surface area contributed by atoms with Crippen molar-refractivity contribution in [1.29, 1.82) is 0 Å². The second-order valence-corrected chi connectivity index (χ2v) is 7.95. The number of aliphatic hydroxyl groups is 3. The minimum absolute atomic E-state index is 0.125. The van der Waals surface area contributed by atoms with Crippen LogP contribution in [0.4, 0.5) is 4.79 Å². The zero-order chi connectivity index (χ0) is 19.6. The molecular weight excluding hydrogens is 380 g/mol. The van der Waals surface area contributed by atoms with E-state index >= 15 is 0 Å². The van der Waals surface area contributed by atoms with Crippen molar-refractivity contribution in [2.75, 3.05) is 12.4 Å². The number of amides is 2. The number of fused-ring (bicyclic) bond motifs is 1. The highest BCUT2D eigenvalue weighted by Gasteiger charge is 2.42. The van der Waals surface area contributed by atoms with Gasteiger partial charge in [0.25, 0.3) is 0 Å². The van der Waals surface area contributed by atoms with E-state index in [9.17, 15) is 29.7 Å². The lowest BCUT2D eigenvalue weighted by Crippen LogP contribution is -2.36. The third-order valence-corrected chi connectivity index (χ3v) is 6.27. The van der Waals surface area contributed by atoms with Crippen LogP contribution < -0.4 is 10.6 Å². The monoisotopic (exact) mass is 402 g/mol. The Kier molecular flexibility index (Phi) is 6.00. The summed E-state index contributed by atoms with van der Waals surface area (Å²) in [4.78, 5) is 34.2. The average Bonchev–Trinajstić information content (AvgIpc) is 3.26. The lowest BCUT2D eigenvalue weighted by molar-refractivity contribution is -0.154. The molecule has 2 amide bonds. The van der Waals surface area contributed by atoms with Crippen molar-refractivity contribution >= 4 is 29.7 Å². The summed E-state index contributed by atoms with van der Waals surface area (Å²) < 4.78 is 9.51. The van der Waals surface area contributed by atoms with Crippen LogP contribution in [0.1, 0.15) is 25.7 Å². The number of aliphatic hydroxyl groups excluding tert-OH is 3. The van der Waals surface area contributed by atoms with Gasteiger partial charge in [-0.2, -0.15) is 11.8 Å². The number of carbonyl (C=O) groups is 3. The number of unbranched alkanes of at least 4 members (excludes halogenated alkanes) is 1. The van der Waals surface area contributed by atoms with Crippen molar-refractivity contribution in [3.63, 3.8) is 0 Å². The van der Waals surface area contributed by atoms with E-state index in [0.29, 0.717) is 11.7 Å². The first-order valence-corrected chi connectivity index (χ1v) is 9.77. The summed E-state index contributed by atoms with van der Waals surface area (Å²) in [5.74, 6) is -2.49. The van der Waals surface area contributed by atoms with E-state index in [2.05, 4.69) is 15.4 Å². The Labute approximate surface area is 159 Å². The molecule has 0 aromatic heterocycles. The van der Waals surface area contributed by atoms with Crippen LogP contribution in [-0.4, -0.2) is 75.2 Å².